The van der Waals surface area contributed by atoms with E-state index in [0.29, 0.717) is 15.5 Å². The Morgan fingerprint density at radius 1 is 1.48 bits per heavy atom. The summed E-state index contributed by atoms with van der Waals surface area (Å²) in [5.74, 6) is 0.730. The van der Waals surface area contributed by atoms with Gasteiger partial charge in [-0.25, -0.2) is 4.39 Å². The number of anilines is 1. The summed E-state index contributed by atoms with van der Waals surface area (Å²) < 4.78 is 16.4. The highest BCUT2D eigenvalue weighted by Gasteiger charge is 2.30. The molecule has 1 aliphatic rings. The van der Waals surface area contributed by atoms with Crippen LogP contribution < -0.4 is 5.32 Å². The second-order valence-corrected chi connectivity index (χ2v) is 7.77. The van der Waals surface area contributed by atoms with E-state index in [1.54, 1.807) is 13.0 Å². The molecular weight excluding hydrogens is 383 g/mol. The molecule has 1 atom stereocenters. The van der Waals surface area contributed by atoms with E-state index in [9.17, 15) is 9.18 Å². The average Bonchev–Trinajstić information content (AvgIpc) is 3.28. The molecule has 1 aromatic carbocycles. The van der Waals surface area contributed by atoms with Gasteiger partial charge in [-0.3, -0.25) is 4.79 Å². The summed E-state index contributed by atoms with van der Waals surface area (Å²) in [6, 6.07) is 4.53. The number of carbonyl (C=O) groups excluding carboxylic acids is 1. The fourth-order valence-corrected chi connectivity index (χ4v) is 3.32. The van der Waals surface area contributed by atoms with E-state index >= 15 is 0 Å². The standard InChI is InChI=1S/C15H16BrFN4OS/c1-8(14(22)18-12-6-5-10(16)7-11(12)17)23-15-20-19-13(21(15)2)9-3-4-9/h5-9H,3-4H2,1-2H3,(H,18,22)/t8-/m1/s1. The first kappa shape index (κ1) is 16.4. The third-order valence-electron chi connectivity index (χ3n) is 3.65. The Labute approximate surface area is 146 Å². The summed E-state index contributed by atoms with van der Waals surface area (Å²) >= 11 is 4.51. The smallest absolute Gasteiger partial charge is 0.237 e. The van der Waals surface area contributed by atoms with Crippen LogP contribution in [0, 0.1) is 5.82 Å². The minimum absolute atomic E-state index is 0.169. The summed E-state index contributed by atoms with van der Waals surface area (Å²) in [4.78, 5) is 12.3. The molecule has 23 heavy (non-hydrogen) atoms. The van der Waals surface area contributed by atoms with Gasteiger partial charge in [0.1, 0.15) is 11.6 Å². The summed E-state index contributed by atoms with van der Waals surface area (Å²) in [6.45, 7) is 1.77. The van der Waals surface area contributed by atoms with Crippen LogP contribution in [-0.2, 0) is 11.8 Å². The number of aromatic nitrogens is 3. The number of nitrogens with zero attached hydrogens (tertiary/aromatic N) is 3. The van der Waals surface area contributed by atoms with Crippen LogP contribution in [-0.4, -0.2) is 25.9 Å². The van der Waals surface area contributed by atoms with E-state index in [2.05, 4.69) is 31.4 Å². The Balaban J connectivity index is 1.65. The second kappa shape index (κ2) is 6.60. The van der Waals surface area contributed by atoms with Gasteiger partial charge in [-0.2, -0.15) is 0 Å². The molecule has 1 saturated carbocycles. The SMILES string of the molecule is C[C@@H](Sc1nnc(C2CC2)n1C)C(=O)Nc1ccc(Br)cc1F. The molecule has 0 radical (unpaired) electrons. The van der Waals surface area contributed by atoms with Gasteiger partial charge >= 0.3 is 0 Å². The van der Waals surface area contributed by atoms with Crippen LogP contribution in [0.1, 0.15) is 31.5 Å². The molecule has 1 amide bonds. The molecule has 0 bridgehead atoms. The zero-order valence-corrected chi connectivity index (χ0v) is 15.1. The zero-order chi connectivity index (χ0) is 16.6. The number of benzene rings is 1. The molecule has 1 aromatic heterocycles. The van der Waals surface area contributed by atoms with Gasteiger partial charge in [0.25, 0.3) is 0 Å². The molecule has 0 aliphatic heterocycles. The minimum atomic E-state index is -0.473. The van der Waals surface area contributed by atoms with Crippen molar-refractivity contribution in [2.45, 2.75) is 36.1 Å². The maximum absolute atomic E-state index is 13.8. The van der Waals surface area contributed by atoms with Crippen LogP contribution in [0.15, 0.2) is 27.8 Å². The molecule has 1 aliphatic carbocycles. The van der Waals surface area contributed by atoms with Crippen molar-refractivity contribution < 1.29 is 9.18 Å². The average molecular weight is 399 g/mol. The molecular formula is C15H16BrFN4OS. The predicted octanol–water partition coefficient (Wildman–Crippen LogP) is 3.71. The van der Waals surface area contributed by atoms with Gasteiger partial charge in [-0.1, -0.05) is 27.7 Å². The van der Waals surface area contributed by atoms with Crippen LogP contribution >= 0.6 is 27.7 Å². The highest BCUT2D eigenvalue weighted by Crippen LogP contribution is 2.39. The summed E-state index contributed by atoms with van der Waals surface area (Å²) in [5, 5.41) is 11.2. The van der Waals surface area contributed by atoms with Crippen molar-refractivity contribution in [1.29, 1.82) is 0 Å². The van der Waals surface area contributed by atoms with Gasteiger partial charge in [0, 0.05) is 17.4 Å². The number of hydrogen-bond donors (Lipinski definition) is 1. The van der Waals surface area contributed by atoms with Crippen molar-refractivity contribution in [3.63, 3.8) is 0 Å². The van der Waals surface area contributed by atoms with Crippen molar-refractivity contribution in [1.82, 2.24) is 14.8 Å². The Kier molecular flexibility index (Phi) is 4.72. The lowest BCUT2D eigenvalue weighted by molar-refractivity contribution is -0.115. The number of carbonyl (C=O) groups is 1. The highest BCUT2D eigenvalue weighted by molar-refractivity contribution is 9.10. The number of nitrogens with one attached hydrogen (secondary N) is 1. The maximum atomic E-state index is 13.8. The quantitative estimate of drug-likeness (QED) is 0.779. The molecule has 122 valence electrons. The predicted molar refractivity (Wildman–Crippen MR) is 91.0 cm³/mol. The normalized spacial score (nSPS) is 15.5. The molecule has 3 rings (SSSR count). The zero-order valence-electron chi connectivity index (χ0n) is 12.7. The van der Waals surface area contributed by atoms with Crippen LogP contribution in [0.25, 0.3) is 0 Å². The number of halogens is 2. The lowest BCUT2D eigenvalue weighted by Gasteiger charge is -2.12. The van der Waals surface area contributed by atoms with Gasteiger partial charge in [0.05, 0.1) is 10.9 Å². The molecule has 5 nitrogen and oxygen atoms in total. The molecule has 8 heteroatoms. The maximum Gasteiger partial charge on any atom is 0.237 e. The number of hydrogen-bond acceptors (Lipinski definition) is 4. The Morgan fingerprint density at radius 3 is 2.87 bits per heavy atom. The van der Waals surface area contributed by atoms with Gasteiger partial charge in [0.15, 0.2) is 5.16 Å². The molecule has 0 saturated heterocycles. The third-order valence-corrected chi connectivity index (χ3v) is 5.28. The number of rotatable bonds is 5. The lowest BCUT2D eigenvalue weighted by Crippen LogP contribution is -2.23. The third kappa shape index (κ3) is 3.74. The summed E-state index contributed by atoms with van der Waals surface area (Å²) in [7, 11) is 1.91. The van der Waals surface area contributed by atoms with Crippen molar-refractivity contribution in [2.24, 2.45) is 7.05 Å². The summed E-state index contributed by atoms with van der Waals surface area (Å²) in [6.07, 6.45) is 2.30. The van der Waals surface area contributed by atoms with Crippen molar-refractivity contribution in [3.05, 3.63) is 34.3 Å². The van der Waals surface area contributed by atoms with Crippen LogP contribution in [0.2, 0.25) is 0 Å². The van der Waals surface area contributed by atoms with E-state index in [4.69, 9.17) is 0 Å². The first-order chi connectivity index (χ1) is 11.0. The number of amides is 1. The van der Waals surface area contributed by atoms with Gasteiger partial charge < -0.3 is 9.88 Å². The van der Waals surface area contributed by atoms with Crippen LogP contribution in [0.4, 0.5) is 10.1 Å². The lowest BCUT2D eigenvalue weighted by atomic mass is 10.3. The molecule has 1 heterocycles. The van der Waals surface area contributed by atoms with Crippen LogP contribution in [0.3, 0.4) is 0 Å². The van der Waals surface area contributed by atoms with E-state index in [-0.39, 0.29) is 11.6 Å². The van der Waals surface area contributed by atoms with E-state index in [0.717, 1.165) is 18.7 Å². The van der Waals surface area contributed by atoms with Crippen LogP contribution in [0.5, 0.6) is 0 Å². The fourth-order valence-electron chi connectivity index (χ4n) is 2.16. The van der Waals surface area contributed by atoms with E-state index in [1.165, 1.54) is 23.9 Å². The first-order valence-corrected chi connectivity index (χ1v) is 8.95. The van der Waals surface area contributed by atoms with Gasteiger partial charge in [-0.05, 0) is 38.0 Å². The summed E-state index contributed by atoms with van der Waals surface area (Å²) in [5.41, 5.74) is 0.169. The largest absolute Gasteiger partial charge is 0.323 e. The Morgan fingerprint density at radius 2 is 2.22 bits per heavy atom. The van der Waals surface area contributed by atoms with Gasteiger partial charge in [0.2, 0.25) is 5.91 Å². The van der Waals surface area contributed by atoms with Gasteiger partial charge in [-0.15, -0.1) is 10.2 Å². The number of thioether (sulfide) groups is 1. The molecule has 0 spiro atoms. The topological polar surface area (TPSA) is 59.8 Å². The first-order valence-electron chi connectivity index (χ1n) is 7.27. The van der Waals surface area contributed by atoms with Crippen molar-refractivity contribution in [2.75, 3.05) is 5.32 Å². The molecule has 2 aromatic rings. The minimum Gasteiger partial charge on any atom is -0.323 e. The fraction of sp³-hybridized carbons (Fsp3) is 0.400. The molecule has 1 fully saturated rings. The van der Waals surface area contributed by atoms with Crippen molar-refractivity contribution >= 4 is 39.3 Å². The van der Waals surface area contributed by atoms with E-state index < -0.39 is 11.1 Å². The monoisotopic (exact) mass is 398 g/mol. The highest BCUT2D eigenvalue weighted by atomic mass is 79.9. The molecule has 0 unspecified atom stereocenters. The van der Waals surface area contributed by atoms with E-state index in [1.807, 2.05) is 11.6 Å². The second-order valence-electron chi connectivity index (χ2n) is 5.55. The van der Waals surface area contributed by atoms with Crippen molar-refractivity contribution in [3.8, 4) is 0 Å². The Bertz CT molecular complexity index is 747. The molecule has 1 N–H and O–H groups in total. The Hall–Kier alpha value is -1.41.